The van der Waals surface area contributed by atoms with Gasteiger partial charge in [-0.3, -0.25) is 9.69 Å². The maximum absolute atomic E-state index is 13.4. The van der Waals surface area contributed by atoms with Gasteiger partial charge in [-0.15, -0.1) is 0 Å². The lowest BCUT2D eigenvalue weighted by Gasteiger charge is -2.51. The largest absolute Gasteiger partial charge is 0.395 e. The summed E-state index contributed by atoms with van der Waals surface area (Å²) in [5.41, 5.74) is 1.09. The molecule has 0 radical (unpaired) electrons. The van der Waals surface area contributed by atoms with Crippen molar-refractivity contribution in [2.75, 3.05) is 60.6 Å². The van der Waals surface area contributed by atoms with E-state index in [0.29, 0.717) is 26.2 Å². The van der Waals surface area contributed by atoms with E-state index >= 15 is 0 Å². The van der Waals surface area contributed by atoms with Crippen molar-refractivity contribution < 1.29 is 19.4 Å². The highest BCUT2D eigenvalue weighted by atomic mass is 16.5. The van der Waals surface area contributed by atoms with Crippen LogP contribution in [0, 0.1) is 0 Å². The summed E-state index contributed by atoms with van der Waals surface area (Å²) in [6.45, 7) is 2.50. The van der Waals surface area contributed by atoms with E-state index in [-0.39, 0.29) is 42.6 Å². The summed E-state index contributed by atoms with van der Waals surface area (Å²) < 4.78 is 5.25. The highest BCUT2D eigenvalue weighted by molar-refractivity contribution is 5.80. The van der Waals surface area contributed by atoms with E-state index in [4.69, 9.17) is 9.84 Å². The van der Waals surface area contributed by atoms with Gasteiger partial charge in [-0.05, 0) is 51.8 Å². The first kappa shape index (κ1) is 25.5. The first-order valence-corrected chi connectivity index (χ1v) is 12.0. The van der Waals surface area contributed by atoms with Gasteiger partial charge in [-0.25, -0.2) is 4.79 Å². The second-order valence-electron chi connectivity index (χ2n) is 9.54. The van der Waals surface area contributed by atoms with Crippen LogP contribution in [0.2, 0.25) is 0 Å². The Hall–Kier alpha value is -2.16. The molecular formula is C25H40N4O4. The molecule has 0 atom stereocenters. The molecule has 1 saturated carbocycles. The smallest absolute Gasteiger partial charge is 0.320 e. The Morgan fingerprint density at radius 1 is 1.15 bits per heavy atom. The molecule has 2 fully saturated rings. The summed E-state index contributed by atoms with van der Waals surface area (Å²) >= 11 is 0. The van der Waals surface area contributed by atoms with E-state index in [1.807, 2.05) is 4.90 Å². The number of benzene rings is 1. The SMILES string of the molecule is COCCCN1C(=O)N(CCC(=O)NCCO)CC12CCC(c1ccccc1)(N(C)C)CC2. The van der Waals surface area contributed by atoms with Gasteiger partial charge in [0.1, 0.15) is 0 Å². The fourth-order valence-corrected chi connectivity index (χ4v) is 5.58. The number of aliphatic hydroxyl groups excluding tert-OH is 1. The number of ether oxygens (including phenoxy) is 1. The summed E-state index contributed by atoms with van der Waals surface area (Å²) in [7, 11) is 5.99. The normalized spacial score (nSPS) is 25.3. The standard InChI is InChI=1S/C25H40N4O4/c1-27(2)25(21-8-5-4-6-9-21)13-11-24(12-14-25)20-28(17-10-22(31)26-15-18-30)23(32)29(24)16-7-19-33-3/h4-6,8-9,30H,7,10-20H2,1-3H3,(H,26,31). The number of hydrogen-bond acceptors (Lipinski definition) is 5. The average molecular weight is 461 g/mol. The molecule has 1 aliphatic heterocycles. The maximum Gasteiger partial charge on any atom is 0.320 e. The molecule has 1 spiro atoms. The lowest BCUT2D eigenvalue weighted by Crippen LogP contribution is -2.55. The van der Waals surface area contributed by atoms with Crippen LogP contribution in [-0.4, -0.2) is 97.9 Å². The molecule has 0 aromatic heterocycles. The van der Waals surface area contributed by atoms with Crippen LogP contribution in [0.25, 0.3) is 0 Å². The number of amides is 3. The minimum absolute atomic E-state index is 0.0260. The van der Waals surface area contributed by atoms with Gasteiger partial charge in [0.2, 0.25) is 5.91 Å². The molecular weight excluding hydrogens is 420 g/mol. The van der Waals surface area contributed by atoms with Gasteiger partial charge in [0.25, 0.3) is 0 Å². The molecule has 1 aromatic carbocycles. The Labute approximate surface area is 197 Å². The highest BCUT2D eigenvalue weighted by Crippen LogP contribution is 2.48. The summed E-state index contributed by atoms with van der Waals surface area (Å²) in [5.74, 6) is -0.136. The van der Waals surface area contributed by atoms with Gasteiger partial charge < -0.3 is 25.0 Å². The number of methoxy groups -OCH3 is 1. The van der Waals surface area contributed by atoms with Crippen molar-refractivity contribution in [1.29, 1.82) is 0 Å². The number of carbonyl (C=O) groups is 2. The summed E-state index contributed by atoms with van der Waals surface area (Å²) in [4.78, 5) is 31.7. The average Bonchev–Trinajstić information content (AvgIpc) is 3.08. The van der Waals surface area contributed by atoms with Gasteiger partial charge in [0, 0.05) is 51.9 Å². The monoisotopic (exact) mass is 460 g/mol. The third-order valence-corrected chi connectivity index (χ3v) is 7.51. The summed E-state index contributed by atoms with van der Waals surface area (Å²) in [6, 6.07) is 10.7. The van der Waals surface area contributed by atoms with Crippen molar-refractivity contribution in [1.82, 2.24) is 20.0 Å². The van der Waals surface area contributed by atoms with E-state index in [0.717, 1.165) is 32.1 Å². The molecule has 8 heteroatoms. The lowest BCUT2D eigenvalue weighted by molar-refractivity contribution is -0.121. The van der Waals surface area contributed by atoms with Gasteiger partial charge in [-0.2, -0.15) is 0 Å². The zero-order chi connectivity index (χ0) is 23.9. The minimum Gasteiger partial charge on any atom is -0.395 e. The van der Waals surface area contributed by atoms with Crippen LogP contribution in [-0.2, 0) is 15.1 Å². The van der Waals surface area contributed by atoms with Crippen molar-refractivity contribution in [3.63, 3.8) is 0 Å². The number of nitrogens with zero attached hydrogens (tertiary/aromatic N) is 3. The third-order valence-electron chi connectivity index (χ3n) is 7.51. The Morgan fingerprint density at radius 3 is 2.45 bits per heavy atom. The number of nitrogens with one attached hydrogen (secondary N) is 1. The van der Waals surface area contributed by atoms with Crippen LogP contribution in [0.1, 0.15) is 44.1 Å². The zero-order valence-electron chi connectivity index (χ0n) is 20.4. The van der Waals surface area contributed by atoms with Crippen LogP contribution in [0.4, 0.5) is 4.79 Å². The fraction of sp³-hybridized carbons (Fsp3) is 0.680. The van der Waals surface area contributed by atoms with Crippen molar-refractivity contribution in [2.24, 2.45) is 0 Å². The van der Waals surface area contributed by atoms with E-state index in [1.54, 1.807) is 7.11 Å². The van der Waals surface area contributed by atoms with Crippen LogP contribution in [0.3, 0.4) is 0 Å². The molecule has 33 heavy (non-hydrogen) atoms. The molecule has 1 aliphatic carbocycles. The molecule has 3 rings (SSSR count). The molecule has 2 aliphatic rings. The van der Waals surface area contributed by atoms with Gasteiger partial charge in [-0.1, -0.05) is 30.3 Å². The summed E-state index contributed by atoms with van der Waals surface area (Å²) in [6.07, 6.45) is 4.84. The van der Waals surface area contributed by atoms with Gasteiger partial charge in [0.05, 0.1) is 12.1 Å². The fourth-order valence-electron chi connectivity index (χ4n) is 5.58. The van der Waals surface area contributed by atoms with E-state index < -0.39 is 0 Å². The minimum atomic E-state index is -0.208. The van der Waals surface area contributed by atoms with E-state index in [1.165, 1.54) is 5.56 Å². The first-order valence-electron chi connectivity index (χ1n) is 12.0. The molecule has 3 amide bonds. The molecule has 8 nitrogen and oxygen atoms in total. The zero-order valence-corrected chi connectivity index (χ0v) is 20.4. The molecule has 1 saturated heterocycles. The number of rotatable bonds is 11. The predicted molar refractivity (Wildman–Crippen MR) is 128 cm³/mol. The molecule has 2 N–H and O–H groups in total. The second kappa shape index (κ2) is 11.3. The van der Waals surface area contributed by atoms with E-state index in [2.05, 4.69) is 59.5 Å². The molecule has 184 valence electrons. The lowest BCUT2D eigenvalue weighted by atomic mass is 9.68. The Balaban J connectivity index is 1.75. The van der Waals surface area contributed by atoms with Crippen molar-refractivity contribution in [3.05, 3.63) is 35.9 Å². The molecule has 0 unspecified atom stereocenters. The van der Waals surface area contributed by atoms with Gasteiger partial charge >= 0.3 is 6.03 Å². The van der Waals surface area contributed by atoms with Crippen LogP contribution < -0.4 is 5.32 Å². The Morgan fingerprint density at radius 2 is 1.85 bits per heavy atom. The number of urea groups is 1. The highest BCUT2D eigenvalue weighted by Gasteiger charge is 2.54. The topological polar surface area (TPSA) is 85.3 Å². The second-order valence-corrected chi connectivity index (χ2v) is 9.54. The van der Waals surface area contributed by atoms with Crippen molar-refractivity contribution >= 4 is 11.9 Å². The quantitative estimate of drug-likeness (QED) is 0.494. The Kier molecular flexibility index (Phi) is 8.73. The molecule has 0 bridgehead atoms. The van der Waals surface area contributed by atoms with Crippen LogP contribution >= 0.6 is 0 Å². The predicted octanol–water partition coefficient (Wildman–Crippen LogP) is 2.03. The van der Waals surface area contributed by atoms with E-state index in [9.17, 15) is 9.59 Å². The number of carbonyl (C=O) groups excluding carboxylic acids is 2. The first-order chi connectivity index (χ1) is 15.9. The molecule has 1 heterocycles. The summed E-state index contributed by atoms with van der Waals surface area (Å²) in [5, 5.41) is 11.6. The number of aliphatic hydroxyl groups is 1. The Bertz CT molecular complexity index is 778. The maximum atomic E-state index is 13.4. The molecule has 1 aromatic rings. The van der Waals surface area contributed by atoms with Crippen molar-refractivity contribution in [2.45, 2.75) is 49.6 Å². The third kappa shape index (κ3) is 5.50. The van der Waals surface area contributed by atoms with Crippen LogP contribution in [0.15, 0.2) is 30.3 Å². The van der Waals surface area contributed by atoms with Gasteiger partial charge in [0.15, 0.2) is 0 Å². The number of hydrogen-bond donors (Lipinski definition) is 2. The van der Waals surface area contributed by atoms with Crippen molar-refractivity contribution in [3.8, 4) is 0 Å². The van der Waals surface area contributed by atoms with Crippen LogP contribution in [0.5, 0.6) is 0 Å².